The van der Waals surface area contributed by atoms with Gasteiger partial charge in [-0.05, 0) is 31.5 Å². The summed E-state index contributed by atoms with van der Waals surface area (Å²) in [7, 11) is 6.70. The van der Waals surface area contributed by atoms with Gasteiger partial charge < -0.3 is 49.4 Å². The summed E-state index contributed by atoms with van der Waals surface area (Å²) in [6.07, 6.45) is -6.49. The second-order valence-corrected chi connectivity index (χ2v) is 13.5. The summed E-state index contributed by atoms with van der Waals surface area (Å²) in [6, 6.07) is 8.00. The van der Waals surface area contributed by atoms with Crippen molar-refractivity contribution < 1.29 is 49.3 Å². The molecule has 0 aromatic heterocycles. The van der Waals surface area contributed by atoms with Gasteiger partial charge in [0.2, 0.25) is 0 Å². The maximum Gasteiger partial charge on any atom is 0.338 e. The Labute approximate surface area is 239 Å². The van der Waals surface area contributed by atoms with Gasteiger partial charge in [-0.25, -0.2) is 4.79 Å². The molecular weight excluding hydrogens is 534 g/mol. The molecule has 41 heavy (non-hydrogen) atoms. The number of aliphatic hydroxyl groups excluding tert-OH is 3. The smallest absolute Gasteiger partial charge is 0.338 e. The van der Waals surface area contributed by atoms with Crippen molar-refractivity contribution in [3.8, 4) is 0 Å². The number of hydrogen-bond acceptors (Lipinski definition) is 11. The number of methoxy groups -OCH3 is 3. The summed E-state index contributed by atoms with van der Waals surface area (Å²) in [4.78, 5) is 15.5. The highest BCUT2D eigenvalue weighted by Gasteiger charge is 2.90. The molecule has 1 aromatic rings. The van der Waals surface area contributed by atoms with Crippen molar-refractivity contribution in [2.24, 2.45) is 34.5 Å². The fraction of sp³-hybridized carbons (Fsp3) is 0.767. The Morgan fingerprint density at radius 1 is 1.02 bits per heavy atom. The number of esters is 1. The highest BCUT2D eigenvalue weighted by Crippen LogP contribution is 2.79. The second kappa shape index (κ2) is 8.93. The van der Waals surface area contributed by atoms with Crippen LogP contribution in [0.4, 0.5) is 0 Å². The predicted molar refractivity (Wildman–Crippen MR) is 142 cm³/mol. The van der Waals surface area contributed by atoms with Crippen LogP contribution < -0.4 is 0 Å². The molecule has 5 saturated carbocycles. The first-order valence-corrected chi connectivity index (χ1v) is 14.5. The number of carbonyl (C=O) groups is 1. The molecule has 11 nitrogen and oxygen atoms in total. The SMILES string of the molecule is COC[C@]12CN(C)[C@@H]3[C@@H]4[C@H](OC)[C@H]1[C@@]3([C@@H](OC)CC2O)[C@@H]1C[C@]2(O)[C@H](OC(=O)c3ccccc3)[C@@H]1[C@]4(O)[C@@H](O)[C@@H]2O. The Balaban J connectivity index is 1.46. The van der Waals surface area contributed by atoms with Crippen LogP contribution in [0, 0.1) is 34.5 Å². The zero-order valence-electron chi connectivity index (χ0n) is 23.8. The minimum atomic E-state index is -2.02. The lowest BCUT2D eigenvalue weighted by Crippen LogP contribution is -2.80. The summed E-state index contributed by atoms with van der Waals surface area (Å²) in [6.45, 7) is 0.701. The van der Waals surface area contributed by atoms with Gasteiger partial charge in [0.25, 0.3) is 0 Å². The van der Waals surface area contributed by atoms with Crippen molar-refractivity contribution in [1.82, 2.24) is 4.90 Å². The lowest BCUT2D eigenvalue weighted by Gasteiger charge is -2.69. The number of benzene rings is 1. The van der Waals surface area contributed by atoms with E-state index < -0.39 is 82.4 Å². The molecule has 226 valence electrons. The molecule has 6 aliphatic rings. The van der Waals surface area contributed by atoms with E-state index in [4.69, 9.17) is 18.9 Å². The lowest BCUT2D eigenvalue weighted by molar-refractivity contribution is -0.316. The normalized spacial score (nSPS) is 54.7. The van der Waals surface area contributed by atoms with Crippen LogP contribution in [0.2, 0.25) is 0 Å². The van der Waals surface area contributed by atoms with Crippen LogP contribution >= 0.6 is 0 Å². The van der Waals surface area contributed by atoms with E-state index in [1.807, 2.05) is 7.05 Å². The number of piperidine rings is 1. The van der Waals surface area contributed by atoms with Crippen LogP contribution in [0.25, 0.3) is 0 Å². The molecule has 6 fully saturated rings. The highest BCUT2D eigenvalue weighted by atomic mass is 16.6. The van der Waals surface area contributed by atoms with Crippen molar-refractivity contribution >= 4 is 5.97 Å². The molecule has 1 saturated heterocycles. The summed E-state index contributed by atoms with van der Waals surface area (Å²) in [5, 5.41) is 60.0. The Bertz CT molecular complexity index is 1220. The van der Waals surface area contributed by atoms with E-state index in [1.165, 1.54) is 0 Å². The molecule has 1 unspecified atom stereocenters. The number of likely N-dealkylation sites (tertiary alicyclic amines) is 1. The zero-order valence-corrected chi connectivity index (χ0v) is 23.8. The van der Waals surface area contributed by atoms with E-state index in [1.54, 1.807) is 51.7 Å². The highest BCUT2D eigenvalue weighted by molar-refractivity contribution is 5.89. The molecule has 15 atom stereocenters. The molecule has 0 radical (unpaired) electrons. The number of nitrogens with zero attached hydrogens (tertiary/aromatic N) is 1. The van der Waals surface area contributed by atoms with Crippen molar-refractivity contribution in [3.63, 3.8) is 0 Å². The Hall–Kier alpha value is -1.67. The van der Waals surface area contributed by atoms with Crippen LogP contribution in [-0.4, -0.2) is 132 Å². The maximum atomic E-state index is 13.4. The van der Waals surface area contributed by atoms with Crippen LogP contribution in [0.1, 0.15) is 23.2 Å². The fourth-order valence-corrected chi connectivity index (χ4v) is 11.5. The Kier molecular flexibility index (Phi) is 6.13. The van der Waals surface area contributed by atoms with Gasteiger partial charge >= 0.3 is 5.97 Å². The van der Waals surface area contributed by atoms with Crippen molar-refractivity contribution in [2.75, 3.05) is 41.5 Å². The standard InChI is InChI=1S/C30H41NO10/c1-31-12-27(13-38-2)16(32)10-17(39-3)29-15-11-28(36)23(33)24(34)30(37,19(22(29)31)20(40-4)21(27)29)18(15)25(28)41-26(35)14-8-6-5-7-9-14/h5-9,15-25,32-34,36-37H,10-13H2,1-4H3/t15-,16?,17+,18-,19+,20+,21-,22-,23+,24+,25-,27+,28-,29+,30-/m1/s1. The van der Waals surface area contributed by atoms with E-state index >= 15 is 0 Å². The zero-order chi connectivity index (χ0) is 29.3. The van der Waals surface area contributed by atoms with Gasteiger partial charge in [0.1, 0.15) is 29.5 Å². The Morgan fingerprint density at radius 3 is 2.37 bits per heavy atom. The first-order chi connectivity index (χ1) is 19.5. The number of aliphatic hydroxyl groups is 5. The van der Waals surface area contributed by atoms with Gasteiger partial charge in [-0.1, -0.05) is 18.2 Å². The van der Waals surface area contributed by atoms with E-state index in [-0.39, 0.29) is 30.6 Å². The molecule has 5 N–H and O–H groups in total. The summed E-state index contributed by atoms with van der Waals surface area (Å²) in [5.74, 6) is -3.30. The molecule has 0 amide bonds. The van der Waals surface area contributed by atoms with E-state index in [9.17, 15) is 30.3 Å². The van der Waals surface area contributed by atoms with Gasteiger partial charge in [-0.15, -0.1) is 0 Å². The van der Waals surface area contributed by atoms with Crippen LogP contribution in [0.5, 0.6) is 0 Å². The Morgan fingerprint density at radius 2 is 1.73 bits per heavy atom. The molecule has 7 rings (SSSR count). The topological polar surface area (TPSA) is 158 Å². The fourth-order valence-electron chi connectivity index (χ4n) is 11.5. The van der Waals surface area contributed by atoms with Gasteiger partial charge in [-0.3, -0.25) is 0 Å². The van der Waals surface area contributed by atoms with Gasteiger partial charge in [0.05, 0.1) is 30.5 Å². The quantitative estimate of drug-likeness (QED) is 0.266. The molecule has 1 aromatic carbocycles. The van der Waals surface area contributed by atoms with E-state index in [2.05, 4.69) is 4.90 Å². The molecule has 1 aliphatic heterocycles. The molecule has 7 bridgehead atoms. The molecule has 5 aliphatic carbocycles. The van der Waals surface area contributed by atoms with Crippen LogP contribution in [-0.2, 0) is 18.9 Å². The molecule has 1 spiro atoms. The van der Waals surface area contributed by atoms with E-state index in [0.29, 0.717) is 13.0 Å². The molecule has 11 heteroatoms. The van der Waals surface area contributed by atoms with Gasteiger partial charge in [0, 0.05) is 68.9 Å². The lowest BCUT2D eigenvalue weighted by atomic mass is 9.42. The number of hydrogen-bond donors (Lipinski definition) is 5. The summed E-state index contributed by atoms with van der Waals surface area (Å²) >= 11 is 0. The number of carbonyl (C=O) groups excluding carboxylic acids is 1. The minimum absolute atomic E-state index is 0.0338. The van der Waals surface area contributed by atoms with Crippen molar-refractivity contribution in [1.29, 1.82) is 0 Å². The average molecular weight is 576 g/mol. The number of ether oxygens (including phenoxy) is 4. The first kappa shape index (κ1) is 28.1. The average Bonchev–Trinajstić information content (AvgIpc) is 3.37. The third kappa shape index (κ3) is 2.98. The van der Waals surface area contributed by atoms with Crippen molar-refractivity contribution in [2.45, 2.75) is 66.7 Å². The number of fused-ring (bicyclic) bond motifs is 2. The monoisotopic (exact) mass is 575 g/mol. The van der Waals surface area contributed by atoms with Gasteiger partial charge in [-0.2, -0.15) is 0 Å². The predicted octanol–water partition coefficient (Wildman–Crippen LogP) is -0.967. The van der Waals surface area contributed by atoms with Crippen molar-refractivity contribution in [3.05, 3.63) is 35.9 Å². The summed E-state index contributed by atoms with van der Waals surface area (Å²) in [5.41, 5.74) is -5.30. The molecular formula is C30H41NO10. The second-order valence-electron chi connectivity index (χ2n) is 13.5. The third-order valence-corrected chi connectivity index (χ3v) is 12.4. The maximum absolute atomic E-state index is 13.4. The summed E-state index contributed by atoms with van der Waals surface area (Å²) < 4.78 is 24.2. The molecule has 1 heterocycles. The van der Waals surface area contributed by atoms with Crippen LogP contribution in [0.3, 0.4) is 0 Å². The van der Waals surface area contributed by atoms with Crippen LogP contribution in [0.15, 0.2) is 30.3 Å². The van der Waals surface area contributed by atoms with Gasteiger partial charge in [0.15, 0.2) is 0 Å². The van der Waals surface area contributed by atoms with E-state index in [0.717, 1.165) is 0 Å². The third-order valence-electron chi connectivity index (χ3n) is 12.4. The number of rotatable bonds is 6. The first-order valence-electron chi connectivity index (χ1n) is 14.5. The largest absolute Gasteiger partial charge is 0.455 e. The minimum Gasteiger partial charge on any atom is -0.455 e.